The van der Waals surface area contributed by atoms with Crippen molar-refractivity contribution in [1.29, 1.82) is 0 Å². The molecule has 1 heterocycles. The maximum atomic E-state index is 9.97. The summed E-state index contributed by atoms with van der Waals surface area (Å²) in [5.74, 6) is 0.0646. The zero-order valence-electron chi connectivity index (χ0n) is 10.3. The number of H-pyrrole nitrogens is 1. The Hall–Kier alpha value is -1.03. The SMILES string of the molecule is OCC(O)[C@@H](O)[C@H](O)C(O)c1nc2cc(Br)ccc2[nH]1. The molecule has 20 heavy (non-hydrogen) atoms. The van der Waals surface area contributed by atoms with Gasteiger partial charge in [0.1, 0.15) is 30.2 Å². The maximum Gasteiger partial charge on any atom is 0.140 e. The van der Waals surface area contributed by atoms with E-state index in [1.54, 1.807) is 18.2 Å². The van der Waals surface area contributed by atoms with Crippen molar-refractivity contribution in [2.24, 2.45) is 0 Å². The van der Waals surface area contributed by atoms with E-state index < -0.39 is 31.0 Å². The van der Waals surface area contributed by atoms with Crippen LogP contribution in [0.15, 0.2) is 22.7 Å². The molecule has 0 radical (unpaired) electrons. The van der Waals surface area contributed by atoms with Crippen molar-refractivity contribution in [2.45, 2.75) is 24.4 Å². The normalized spacial score (nSPS) is 17.9. The molecule has 8 heteroatoms. The smallest absolute Gasteiger partial charge is 0.140 e. The van der Waals surface area contributed by atoms with Crippen LogP contribution in [0.1, 0.15) is 11.9 Å². The Labute approximate surface area is 122 Å². The Balaban J connectivity index is 2.24. The van der Waals surface area contributed by atoms with Crippen LogP contribution in [0.25, 0.3) is 11.0 Å². The molecular weight excluding hydrogens is 332 g/mol. The Bertz CT molecular complexity index is 590. The molecule has 0 bridgehead atoms. The van der Waals surface area contributed by atoms with Crippen LogP contribution in [-0.2, 0) is 0 Å². The molecule has 0 amide bonds. The molecule has 4 atom stereocenters. The van der Waals surface area contributed by atoms with E-state index in [2.05, 4.69) is 25.9 Å². The standard InChI is InChI=1S/C12H15BrN2O5/c13-5-1-2-6-7(3-5)15-12(14-6)11(20)10(19)9(18)8(17)4-16/h1-3,8-11,16-20H,4H2,(H,14,15)/t8?,9-,10+,11?/m1/s1. The van der Waals surface area contributed by atoms with Gasteiger partial charge in [-0.15, -0.1) is 0 Å². The largest absolute Gasteiger partial charge is 0.394 e. The molecule has 0 aliphatic rings. The number of aromatic nitrogens is 2. The number of hydrogen-bond acceptors (Lipinski definition) is 6. The average Bonchev–Trinajstić information content (AvgIpc) is 2.86. The Morgan fingerprint density at radius 3 is 2.50 bits per heavy atom. The summed E-state index contributed by atoms with van der Waals surface area (Å²) >= 11 is 3.29. The fourth-order valence-corrected chi connectivity index (χ4v) is 2.17. The summed E-state index contributed by atoms with van der Waals surface area (Å²) in [6, 6.07) is 5.26. The average molecular weight is 347 g/mol. The Kier molecular flexibility index (Phi) is 4.74. The number of fused-ring (bicyclic) bond motifs is 1. The van der Waals surface area contributed by atoms with Gasteiger partial charge >= 0.3 is 0 Å². The number of hydrogen-bond donors (Lipinski definition) is 6. The molecule has 0 saturated heterocycles. The van der Waals surface area contributed by atoms with Crippen molar-refractivity contribution in [2.75, 3.05) is 6.61 Å². The van der Waals surface area contributed by atoms with Gasteiger partial charge in [-0.25, -0.2) is 4.98 Å². The fourth-order valence-electron chi connectivity index (χ4n) is 1.82. The molecule has 1 aromatic heterocycles. The van der Waals surface area contributed by atoms with Gasteiger partial charge in [-0.3, -0.25) is 0 Å². The van der Waals surface area contributed by atoms with E-state index in [9.17, 15) is 20.4 Å². The zero-order chi connectivity index (χ0) is 14.9. The third kappa shape index (κ3) is 3.00. The van der Waals surface area contributed by atoms with Crippen LogP contribution in [-0.4, -0.2) is 60.4 Å². The van der Waals surface area contributed by atoms with Crippen molar-refractivity contribution in [3.05, 3.63) is 28.5 Å². The molecular formula is C12H15BrN2O5. The summed E-state index contributed by atoms with van der Waals surface area (Å²) < 4.78 is 0.814. The van der Waals surface area contributed by atoms with Crippen LogP contribution in [0.5, 0.6) is 0 Å². The van der Waals surface area contributed by atoms with E-state index in [1.165, 1.54) is 0 Å². The molecule has 2 rings (SSSR count). The van der Waals surface area contributed by atoms with Crippen LogP contribution in [0, 0.1) is 0 Å². The molecule has 0 aliphatic heterocycles. The van der Waals surface area contributed by atoms with Gasteiger partial charge in [0.05, 0.1) is 17.6 Å². The lowest BCUT2D eigenvalue weighted by Gasteiger charge is -2.24. The number of benzene rings is 1. The zero-order valence-corrected chi connectivity index (χ0v) is 11.9. The molecule has 2 unspecified atom stereocenters. The summed E-state index contributed by atoms with van der Waals surface area (Å²) in [7, 11) is 0. The van der Waals surface area contributed by atoms with Gasteiger partial charge in [-0.05, 0) is 18.2 Å². The number of aliphatic hydroxyl groups excluding tert-OH is 5. The second-order valence-corrected chi connectivity index (χ2v) is 5.38. The number of nitrogens with one attached hydrogen (secondary N) is 1. The van der Waals surface area contributed by atoms with E-state index in [-0.39, 0.29) is 5.82 Å². The van der Waals surface area contributed by atoms with Crippen molar-refractivity contribution in [3.8, 4) is 0 Å². The van der Waals surface area contributed by atoms with Gasteiger partial charge in [0.15, 0.2) is 0 Å². The second-order valence-electron chi connectivity index (χ2n) is 4.46. The minimum atomic E-state index is -1.69. The lowest BCUT2D eigenvalue weighted by molar-refractivity contribution is -0.117. The lowest BCUT2D eigenvalue weighted by atomic mass is 10.0. The first-order chi connectivity index (χ1) is 9.43. The molecule has 6 N–H and O–H groups in total. The molecule has 7 nitrogen and oxygen atoms in total. The van der Waals surface area contributed by atoms with E-state index in [0.29, 0.717) is 11.0 Å². The van der Waals surface area contributed by atoms with E-state index in [1.807, 2.05) is 0 Å². The van der Waals surface area contributed by atoms with Gasteiger partial charge in [-0.1, -0.05) is 15.9 Å². The number of aliphatic hydroxyl groups is 5. The highest BCUT2D eigenvalue weighted by Gasteiger charge is 2.32. The summed E-state index contributed by atoms with van der Waals surface area (Å²) in [5, 5.41) is 47.3. The first kappa shape index (κ1) is 15.4. The first-order valence-corrected chi connectivity index (χ1v) is 6.71. The van der Waals surface area contributed by atoms with Gasteiger partial charge in [0.25, 0.3) is 0 Å². The minimum Gasteiger partial charge on any atom is -0.394 e. The van der Waals surface area contributed by atoms with Gasteiger partial charge in [-0.2, -0.15) is 0 Å². The van der Waals surface area contributed by atoms with Crippen molar-refractivity contribution in [3.63, 3.8) is 0 Å². The molecule has 0 spiro atoms. The molecule has 1 aromatic carbocycles. The quantitative estimate of drug-likeness (QED) is 0.430. The topological polar surface area (TPSA) is 130 Å². The molecule has 110 valence electrons. The van der Waals surface area contributed by atoms with Crippen LogP contribution in [0.4, 0.5) is 0 Å². The van der Waals surface area contributed by atoms with Crippen molar-refractivity contribution in [1.82, 2.24) is 9.97 Å². The van der Waals surface area contributed by atoms with E-state index in [4.69, 9.17) is 5.11 Å². The monoisotopic (exact) mass is 346 g/mol. The number of halogens is 1. The van der Waals surface area contributed by atoms with Crippen LogP contribution < -0.4 is 0 Å². The molecule has 0 saturated carbocycles. The predicted octanol–water partition coefficient (Wildman–Crippen LogP) is -0.566. The Morgan fingerprint density at radius 2 is 1.85 bits per heavy atom. The van der Waals surface area contributed by atoms with Crippen molar-refractivity contribution >= 4 is 27.0 Å². The highest BCUT2D eigenvalue weighted by atomic mass is 79.9. The van der Waals surface area contributed by atoms with Crippen molar-refractivity contribution < 1.29 is 25.5 Å². The van der Waals surface area contributed by atoms with Crippen LogP contribution in [0.3, 0.4) is 0 Å². The van der Waals surface area contributed by atoms with E-state index in [0.717, 1.165) is 4.47 Å². The summed E-state index contributed by atoms with van der Waals surface area (Å²) in [6.45, 7) is -0.724. The molecule has 0 fully saturated rings. The van der Waals surface area contributed by atoms with Crippen LogP contribution >= 0.6 is 15.9 Å². The van der Waals surface area contributed by atoms with Gasteiger partial charge in [0.2, 0.25) is 0 Å². The first-order valence-electron chi connectivity index (χ1n) is 5.92. The summed E-state index contributed by atoms with van der Waals surface area (Å²) in [5.41, 5.74) is 1.24. The number of nitrogens with zero attached hydrogens (tertiary/aromatic N) is 1. The Morgan fingerprint density at radius 1 is 1.15 bits per heavy atom. The number of imidazole rings is 1. The number of rotatable bonds is 5. The van der Waals surface area contributed by atoms with Gasteiger partial charge in [0, 0.05) is 4.47 Å². The molecule has 2 aromatic rings. The minimum absolute atomic E-state index is 0.0646. The highest BCUT2D eigenvalue weighted by molar-refractivity contribution is 9.10. The third-order valence-electron chi connectivity index (χ3n) is 3.00. The highest BCUT2D eigenvalue weighted by Crippen LogP contribution is 2.23. The van der Waals surface area contributed by atoms with Gasteiger partial charge < -0.3 is 30.5 Å². The predicted molar refractivity (Wildman–Crippen MR) is 73.9 cm³/mol. The summed E-state index contributed by atoms with van der Waals surface area (Å²) in [6.07, 6.45) is -6.42. The third-order valence-corrected chi connectivity index (χ3v) is 3.49. The molecule has 0 aliphatic carbocycles. The lowest BCUT2D eigenvalue weighted by Crippen LogP contribution is -2.42. The number of aromatic amines is 1. The summed E-state index contributed by atoms with van der Waals surface area (Å²) in [4.78, 5) is 6.93. The maximum absolute atomic E-state index is 9.97. The van der Waals surface area contributed by atoms with Crippen LogP contribution in [0.2, 0.25) is 0 Å². The fraction of sp³-hybridized carbons (Fsp3) is 0.417. The van der Waals surface area contributed by atoms with E-state index >= 15 is 0 Å². The second kappa shape index (κ2) is 6.17.